The minimum atomic E-state index is 0.845. The van der Waals surface area contributed by atoms with Gasteiger partial charge in [0.1, 0.15) is 11.6 Å². The highest BCUT2D eigenvalue weighted by atomic mass is 14.9. The van der Waals surface area contributed by atoms with Gasteiger partial charge in [0.2, 0.25) is 0 Å². The van der Waals surface area contributed by atoms with Gasteiger partial charge in [-0.15, -0.1) is 0 Å². The topological polar surface area (TPSA) is 51.6 Å². The van der Waals surface area contributed by atoms with Gasteiger partial charge in [-0.1, -0.05) is 64.7 Å². The Hall–Kier alpha value is -1.84. The van der Waals surface area contributed by atoms with Crippen molar-refractivity contribution < 1.29 is 0 Å². The van der Waals surface area contributed by atoms with Gasteiger partial charge < -0.3 is 0 Å². The lowest BCUT2D eigenvalue weighted by Gasteiger charge is -2.05. The lowest BCUT2D eigenvalue weighted by molar-refractivity contribution is 0.555. The summed E-state index contributed by atoms with van der Waals surface area (Å²) < 4.78 is 0. The Morgan fingerprint density at radius 3 is 1.59 bits per heavy atom. The summed E-state index contributed by atoms with van der Waals surface area (Å²) >= 11 is 0. The highest BCUT2D eigenvalue weighted by Crippen LogP contribution is 2.13. The summed E-state index contributed by atoms with van der Waals surface area (Å²) in [6.45, 7) is 12.3. The van der Waals surface area contributed by atoms with Gasteiger partial charge in [-0.05, 0) is 58.6 Å². The zero-order valence-electron chi connectivity index (χ0n) is 19.7. The van der Waals surface area contributed by atoms with Gasteiger partial charge in [0.05, 0.1) is 0 Å². The summed E-state index contributed by atoms with van der Waals surface area (Å²) in [7, 11) is 0. The van der Waals surface area contributed by atoms with Crippen LogP contribution in [0.4, 0.5) is 0 Å². The third-order valence-corrected chi connectivity index (χ3v) is 5.31. The Morgan fingerprint density at radius 1 is 0.586 bits per heavy atom. The van der Waals surface area contributed by atoms with E-state index in [-0.39, 0.29) is 0 Å². The molecule has 0 aliphatic carbocycles. The quantitative estimate of drug-likeness (QED) is 0.384. The maximum Gasteiger partial charge on any atom is 0.125 e. The van der Waals surface area contributed by atoms with Gasteiger partial charge in [0.15, 0.2) is 0 Å². The van der Waals surface area contributed by atoms with E-state index in [9.17, 15) is 0 Å². The molecule has 4 nitrogen and oxygen atoms in total. The van der Waals surface area contributed by atoms with Crippen molar-refractivity contribution in [2.24, 2.45) is 0 Å². The molecule has 0 aliphatic rings. The zero-order chi connectivity index (χ0) is 21.5. The van der Waals surface area contributed by atoms with Crippen LogP contribution in [0.5, 0.6) is 0 Å². The molecule has 2 rings (SSSR count). The monoisotopic (exact) mass is 398 g/mol. The fraction of sp³-hybridized carbons (Fsp3) is 0.680. The fourth-order valence-electron chi connectivity index (χ4n) is 3.25. The molecule has 0 atom stereocenters. The average molecular weight is 399 g/mol. The molecule has 0 saturated heterocycles. The maximum absolute atomic E-state index is 4.54. The van der Waals surface area contributed by atoms with Crippen LogP contribution < -0.4 is 0 Å². The van der Waals surface area contributed by atoms with Crippen molar-refractivity contribution in [3.05, 3.63) is 46.6 Å². The van der Waals surface area contributed by atoms with E-state index in [0.29, 0.717) is 0 Å². The molecule has 2 aromatic rings. The van der Waals surface area contributed by atoms with Gasteiger partial charge in [-0.25, -0.2) is 19.9 Å². The standard InChI is InChI=1S/C18H32N2.C7H10N2/c1-4-5-6-7-8-9-10-11-12-13-14-18-16(2)15-19-17(3)20-18;1-5-4-8-7(3)9-6(5)2/h15H,4-14H2,1-3H3;4H,1-3H3. The number of aromatic nitrogens is 4. The van der Waals surface area contributed by atoms with E-state index in [4.69, 9.17) is 0 Å². The molecule has 0 aliphatic heterocycles. The molecule has 0 amide bonds. The summed E-state index contributed by atoms with van der Waals surface area (Å²) in [4.78, 5) is 17.0. The molecule has 0 aromatic carbocycles. The lowest BCUT2D eigenvalue weighted by Crippen LogP contribution is -1.98. The Bertz CT molecular complexity index is 697. The van der Waals surface area contributed by atoms with Crippen LogP contribution in [0.2, 0.25) is 0 Å². The van der Waals surface area contributed by atoms with Crippen LogP contribution in [0.3, 0.4) is 0 Å². The Balaban J connectivity index is 0.000000387. The molecule has 0 unspecified atom stereocenters. The maximum atomic E-state index is 4.54. The first-order valence-corrected chi connectivity index (χ1v) is 11.5. The van der Waals surface area contributed by atoms with Crippen LogP contribution in [0.15, 0.2) is 12.4 Å². The van der Waals surface area contributed by atoms with Crippen LogP contribution >= 0.6 is 0 Å². The molecule has 162 valence electrons. The Morgan fingerprint density at radius 2 is 1.07 bits per heavy atom. The number of hydrogen-bond donors (Lipinski definition) is 0. The first-order chi connectivity index (χ1) is 13.9. The predicted octanol–water partition coefficient (Wildman–Crippen LogP) is 6.96. The molecule has 0 spiro atoms. The Kier molecular flexibility index (Phi) is 13.1. The largest absolute Gasteiger partial charge is 0.241 e. The second-order valence-electron chi connectivity index (χ2n) is 8.16. The molecular weight excluding hydrogens is 356 g/mol. The molecule has 0 radical (unpaired) electrons. The van der Waals surface area contributed by atoms with E-state index in [2.05, 4.69) is 33.8 Å². The van der Waals surface area contributed by atoms with Gasteiger partial charge in [0.25, 0.3) is 0 Å². The molecule has 0 fully saturated rings. The predicted molar refractivity (Wildman–Crippen MR) is 123 cm³/mol. The minimum Gasteiger partial charge on any atom is -0.241 e. The number of aryl methyl sites for hydroxylation is 6. The van der Waals surface area contributed by atoms with Crippen LogP contribution in [0, 0.1) is 34.6 Å². The first kappa shape index (κ1) is 25.2. The SMILES string of the molecule is CCCCCCCCCCCCc1nc(C)ncc1C.Cc1ncc(C)c(C)n1. The molecule has 0 bridgehead atoms. The van der Waals surface area contributed by atoms with Gasteiger partial charge >= 0.3 is 0 Å². The van der Waals surface area contributed by atoms with E-state index in [1.54, 1.807) is 0 Å². The van der Waals surface area contributed by atoms with Crippen LogP contribution in [-0.2, 0) is 6.42 Å². The molecule has 2 aromatic heterocycles. The summed E-state index contributed by atoms with van der Waals surface area (Å²) in [5.41, 5.74) is 4.71. The molecule has 0 saturated carbocycles. The van der Waals surface area contributed by atoms with E-state index in [1.165, 1.54) is 75.5 Å². The van der Waals surface area contributed by atoms with Gasteiger partial charge in [0, 0.05) is 23.8 Å². The van der Waals surface area contributed by atoms with E-state index in [0.717, 1.165) is 29.3 Å². The summed E-state index contributed by atoms with van der Waals surface area (Å²) in [6.07, 6.45) is 18.8. The number of rotatable bonds is 11. The van der Waals surface area contributed by atoms with Crippen molar-refractivity contribution in [1.29, 1.82) is 0 Å². The van der Waals surface area contributed by atoms with Crippen molar-refractivity contribution in [3.63, 3.8) is 0 Å². The average Bonchev–Trinajstić information content (AvgIpc) is 2.69. The summed E-state index contributed by atoms with van der Waals surface area (Å²) in [5, 5.41) is 0. The van der Waals surface area contributed by atoms with E-state index >= 15 is 0 Å². The van der Waals surface area contributed by atoms with Crippen LogP contribution in [0.25, 0.3) is 0 Å². The highest BCUT2D eigenvalue weighted by Gasteiger charge is 2.01. The second kappa shape index (κ2) is 15.1. The summed E-state index contributed by atoms with van der Waals surface area (Å²) in [5.74, 6) is 1.75. The molecule has 0 N–H and O–H groups in total. The molecule has 29 heavy (non-hydrogen) atoms. The van der Waals surface area contributed by atoms with Crippen LogP contribution in [-0.4, -0.2) is 19.9 Å². The first-order valence-electron chi connectivity index (χ1n) is 11.5. The Labute approximate surface area is 179 Å². The third-order valence-electron chi connectivity index (χ3n) is 5.31. The fourth-order valence-corrected chi connectivity index (χ4v) is 3.25. The van der Waals surface area contributed by atoms with Gasteiger partial charge in [-0.2, -0.15) is 0 Å². The van der Waals surface area contributed by atoms with Crippen LogP contribution in [0.1, 0.15) is 105 Å². The normalized spacial score (nSPS) is 10.6. The number of unbranched alkanes of at least 4 members (excludes halogenated alkanes) is 9. The molecule has 2 heterocycles. The van der Waals surface area contributed by atoms with E-state index in [1.807, 2.05) is 40.1 Å². The number of hydrogen-bond acceptors (Lipinski definition) is 4. The smallest absolute Gasteiger partial charge is 0.125 e. The van der Waals surface area contributed by atoms with Crippen molar-refractivity contribution in [2.45, 2.75) is 112 Å². The lowest BCUT2D eigenvalue weighted by atomic mass is 10.0. The van der Waals surface area contributed by atoms with Gasteiger partial charge in [-0.3, -0.25) is 0 Å². The van der Waals surface area contributed by atoms with Crippen molar-refractivity contribution in [3.8, 4) is 0 Å². The molecule has 4 heteroatoms. The second-order valence-corrected chi connectivity index (χ2v) is 8.16. The third kappa shape index (κ3) is 11.7. The molecular formula is C25H42N4. The highest BCUT2D eigenvalue weighted by molar-refractivity contribution is 5.15. The zero-order valence-corrected chi connectivity index (χ0v) is 19.7. The number of nitrogens with zero attached hydrogens (tertiary/aromatic N) is 4. The minimum absolute atomic E-state index is 0.845. The van der Waals surface area contributed by atoms with Crippen molar-refractivity contribution in [1.82, 2.24) is 19.9 Å². The van der Waals surface area contributed by atoms with Crippen molar-refractivity contribution >= 4 is 0 Å². The van der Waals surface area contributed by atoms with E-state index < -0.39 is 0 Å². The van der Waals surface area contributed by atoms with Crippen molar-refractivity contribution in [2.75, 3.05) is 0 Å². The summed E-state index contributed by atoms with van der Waals surface area (Å²) in [6, 6.07) is 0.